The fourth-order valence-corrected chi connectivity index (χ4v) is 2.80. The highest BCUT2D eigenvalue weighted by atomic mass is 35.5. The van der Waals surface area contributed by atoms with Crippen LogP contribution in [0.5, 0.6) is 0 Å². The highest BCUT2D eigenvalue weighted by Crippen LogP contribution is 2.22. The second-order valence-corrected chi connectivity index (χ2v) is 6.06. The summed E-state index contributed by atoms with van der Waals surface area (Å²) >= 11 is 11.9. The van der Waals surface area contributed by atoms with Crippen LogP contribution in [0.4, 0.5) is 11.5 Å². The van der Waals surface area contributed by atoms with Gasteiger partial charge < -0.3 is 15.5 Å². The van der Waals surface area contributed by atoms with Crippen molar-refractivity contribution >= 4 is 40.6 Å². The molecule has 1 aromatic heterocycles. The number of nitrogens with zero attached hydrogens (tertiary/aromatic N) is 2. The third kappa shape index (κ3) is 3.93. The van der Waals surface area contributed by atoms with Crippen molar-refractivity contribution in [1.29, 1.82) is 0 Å². The number of pyridine rings is 1. The largest absolute Gasteiger partial charge is 0.368 e. The monoisotopic (exact) mass is 350 g/mol. The second-order valence-electron chi connectivity index (χ2n) is 5.22. The van der Waals surface area contributed by atoms with E-state index < -0.39 is 0 Å². The SMILES string of the molecule is O=C(Nc1ccc(N2CCNCC2)cn1)c1cc(Cl)ccc1Cl. The number of aromatic nitrogens is 1. The van der Waals surface area contributed by atoms with Crippen molar-refractivity contribution < 1.29 is 4.79 Å². The van der Waals surface area contributed by atoms with Gasteiger partial charge in [0, 0.05) is 31.2 Å². The Hall–Kier alpha value is -1.82. The first-order valence-corrected chi connectivity index (χ1v) is 8.07. The smallest absolute Gasteiger partial charge is 0.258 e. The summed E-state index contributed by atoms with van der Waals surface area (Å²) in [6.45, 7) is 3.83. The number of hydrogen-bond donors (Lipinski definition) is 2. The molecule has 0 aliphatic carbocycles. The summed E-state index contributed by atoms with van der Waals surface area (Å²) < 4.78 is 0. The van der Waals surface area contributed by atoms with Crippen LogP contribution >= 0.6 is 23.2 Å². The van der Waals surface area contributed by atoms with Crippen LogP contribution in [0.2, 0.25) is 10.0 Å². The molecule has 0 radical (unpaired) electrons. The van der Waals surface area contributed by atoms with E-state index in [1.54, 1.807) is 24.4 Å². The molecule has 1 aliphatic heterocycles. The number of carbonyl (C=O) groups excluding carboxylic acids is 1. The van der Waals surface area contributed by atoms with E-state index in [1.807, 2.05) is 6.07 Å². The molecule has 2 aromatic rings. The first kappa shape index (κ1) is 16.1. The van der Waals surface area contributed by atoms with Gasteiger partial charge in [0.15, 0.2) is 0 Å². The summed E-state index contributed by atoms with van der Waals surface area (Å²) in [6.07, 6.45) is 1.76. The molecule has 1 amide bonds. The average molecular weight is 351 g/mol. The summed E-state index contributed by atoms with van der Waals surface area (Å²) in [6, 6.07) is 8.51. The summed E-state index contributed by atoms with van der Waals surface area (Å²) in [5.74, 6) is 0.143. The lowest BCUT2D eigenvalue weighted by atomic mass is 10.2. The lowest BCUT2D eigenvalue weighted by Crippen LogP contribution is -2.43. The number of anilines is 2. The molecule has 7 heteroatoms. The molecule has 0 spiro atoms. The number of halogens is 2. The maximum Gasteiger partial charge on any atom is 0.258 e. The Morgan fingerprint density at radius 2 is 1.96 bits per heavy atom. The van der Waals surface area contributed by atoms with Gasteiger partial charge in [-0.2, -0.15) is 0 Å². The Morgan fingerprint density at radius 3 is 2.65 bits per heavy atom. The lowest BCUT2D eigenvalue weighted by Gasteiger charge is -2.29. The quantitative estimate of drug-likeness (QED) is 0.893. The van der Waals surface area contributed by atoms with Crippen LogP contribution in [0, 0.1) is 0 Å². The van der Waals surface area contributed by atoms with Crippen molar-refractivity contribution in [3.63, 3.8) is 0 Å². The molecule has 0 bridgehead atoms. The predicted molar refractivity (Wildman–Crippen MR) is 93.7 cm³/mol. The van der Waals surface area contributed by atoms with E-state index in [-0.39, 0.29) is 5.91 Å². The highest BCUT2D eigenvalue weighted by molar-refractivity contribution is 6.36. The van der Waals surface area contributed by atoms with Crippen molar-refractivity contribution in [2.24, 2.45) is 0 Å². The minimum atomic E-state index is -0.333. The number of amides is 1. The normalized spacial score (nSPS) is 14.6. The Bertz CT molecular complexity index is 700. The molecule has 1 aromatic carbocycles. The van der Waals surface area contributed by atoms with Crippen molar-refractivity contribution in [3.8, 4) is 0 Å². The molecule has 23 heavy (non-hydrogen) atoms. The van der Waals surface area contributed by atoms with Gasteiger partial charge in [0.2, 0.25) is 0 Å². The number of benzene rings is 1. The van der Waals surface area contributed by atoms with Gasteiger partial charge >= 0.3 is 0 Å². The van der Waals surface area contributed by atoms with Gasteiger partial charge in [-0.1, -0.05) is 23.2 Å². The van der Waals surface area contributed by atoms with Crippen LogP contribution in [0.25, 0.3) is 0 Å². The zero-order chi connectivity index (χ0) is 16.2. The van der Waals surface area contributed by atoms with Crippen molar-refractivity contribution in [2.45, 2.75) is 0 Å². The molecular weight excluding hydrogens is 335 g/mol. The molecule has 1 fully saturated rings. The summed E-state index contributed by atoms with van der Waals surface area (Å²) in [4.78, 5) is 18.8. The maximum atomic E-state index is 12.3. The third-order valence-electron chi connectivity index (χ3n) is 3.64. The highest BCUT2D eigenvalue weighted by Gasteiger charge is 2.13. The fraction of sp³-hybridized carbons (Fsp3) is 0.250. The first-order chi connectivity index (χ1) is 11.1. The second kappa shape index (κ2) is 7.17. The lowest BCUT2D eigenvalue weighted by molar-refractivity contribution is 0.102. The maximum absolute atomic E-state index is 12.3. The molecule has 120 valence electrons. The molecule has 2 heterocycles. The van der Waals surface area contributed by atoms with Crippen LogP contribution in [-0.2, 0) is 0 Å². The van der Waals surface area contributed by atoms with Crippen LogP contribution in [0.3, 0.4) is 0 Å². The van der Waals surface area contributed by atoms with Crippen LogP contribution in [0.1, 0.15) is 10.4 Å². The summed E-state index contributed by atoms with van der Waals surface area (Å²) in [7, 11) is 0. The molecule has 2 N–H and O–H groups in total. The van der Waals surface area contributed by atoms with Crippen LogP contribution in [-0.4, -0.2) is 37.1 Å². The van der Waals surface area contributed by atoms with E-state index in [0.29, 0.717) is 21.4 Å². The molecular formula is C16H16Cl2N4O. The van der Waals surface area contributed by atoms with E-state index in [1.165, 1.54) is 6.07 Å². The fourth-order valence-electron chi connectivity index (χ4n) is 2.43. The van der Waals surface area contributed by atoms with Crippen LogP contribution in [0.15, 0.2) is 36.5 Å². The van der Waals surface area contributed by atoms with Gasteiger partial charge in [-0.05, 0) is 30.3 Å². The standard InChI is InChI=1S/C16H16Cl2N4O/c17-11-1-3-14(18)13(9-11)16(23)21-15-4-2-12(10-20-15)22-7-5-19-6-8-22/h1-4,9-10,19H,5-8H2,(H,20,21,23). The van der Waals surface area contributed by atoms with Crippen LogP contribution < -0.4 is 15.5 Å². The molecule has 1 aliphatic rings. The van der Waals surface area contributed by atoms with Gasteiger partial charge in [0.1, 0.15) is 5.82 Å². The molecule has 0 atom stereocenters. The molecule has 0 unspecified atom stereocenters. The Morgan fingerprint density at radius 1 is 1.17 bits per heavy atom. The Kier molecular flexibility index (Phi) is 5.00. The average Bonchev–Trinajstić information content (AvgIpc) is 2.58. The van der Waals surface area contributed by atoms with Gasteiger partial charge in [0.25, 0.3) is 5.91 Å². The van der Waals surface area contributed by atoms with Crippen molar-refractivity contribution in [2.75, 3.05) is 36.4 Å². The van der Waals surface area contributed by atoms with Gasteiger partial charge in [-0.3, -0.25) is 4.79 Å². The Balaban J connectivity index is 1.70. The number of rotatable bonds is 3. The van der Waals surface area contributed by atoms with E-state index in [0.717, 1.165) is 31.9 Å². The number of piperazine rings is 1. The number of carbonyl (C=O) groups is 1. The topological polar surface area (TPSA) is 57.3 Å². The predicted octanol–water partition coefficient (Wildman–Crippen LogP) is 3.05. The molecule has 5 nitrogen and oxygen atoms in total. The zero-order valence-corrected chi connectivity index (χ0v) is 13.9. The van der Waals surface area contributed by atoms with E-state index in [2.05, 4.69) is 20.5 Å². The van der Waals surface area contributed by atoms with Gasteiger partial charge in [0.05, 0.1) is 22.5 Å². The van der Waals surface area contributed by atoms with E-state index in [9.17, 15) is 4.79 Å². The van der Waals surface area contributed by atoms with Gasteiger partial charge in [-0.15, -0.1) is 0 Å². The Labute approximate surface area is 144 Å². The van der Waals surface area contributed by atoms with E-state index >= 15 is 0 Å². The summed E-state index contributed by atoms with van der Waals surface area (Å²) in [5, 5.41) is 6.85. The first-order valence-electron chi connectivity index (χ1n) is 7.31. The summed E-state index contributed by atoms with van der Waals surface area (Å²) in [5.41, 5.74) is 1.37. The van der Waals surface area contributed by atoms with Gasteiger partial charge in [-0.25, -0.2) is 4.98 Å². The minimum absolute atomic E-state index is 0.326. The van der Waals surface area contributed by atoms with Crippen molar-refractivity contribution in [1.82, 2.24) is 10.3 Å². The number of nitrogens with one attached hydrogen (secondary N) is 2. The third-order valence-corrected chi connectivity index (χ3v) is 4.21. The number of hydrogen-bond acceptors (Lipinski definition) is 4. The molecule has 1 saturated heterocycles. The van der Waals surface area contributed by atoms with Crippen molar-refractivity contribution in [3.05, 3.63) is 52.1 Å². The minimum Gasteiger partial charge on any atom is -0.368 e. The zero-order valence-electron chi connectivity index (χ0n) is 12.4. The molecule has 3 rings (SSSR count). The molecule has 0 saturated carbocycles. The van der Waals surface area contributed by atoms with E-state index in [4.69, 9.17) is 23.2 Å².